The Morgan fingerprint density at radius 3 is 2.50 bits per heavy atom. The van der Waals surface area contributed by atoms with E-state index in [2.05, 4.69) is 9.72 Å². The minimum Gasteiger partial charge on any atom is -0.490 e. The number of rotatable bonds is 5. The third kappa shape index (κ3) is 3.14. The lowest BCUT2D eigenvalue weighted by atomic mass is 9.84. The minimum absolute atomic E-state index is 0.113. The van der Waals surface area contributed by atoms with Crippen LogP contribution in [0.2, 0.25) is 0 Å². The van der Waals surface area contributed by atoms with Gasteiger partial charge in [-0.3, -0.25) is 4.98 Å². The molecule has 2 rings (SSSR count). The first-order valence-corrected chi connectivity index (χ1v) is 6.17. The first kappa shape index (κ1) is 8.36. The van der Waals surface area contributed by atoms with Crippen LogP contribution < -0.4 is 10.3 Å². The maximum Gasteiger partial charge on any atom is 0.514 e. The molecule has 0 atom stereocenters. The SMILES string of the molecule is [2H]C([2H])([2H])OC([2H])([2H])C([2H])([2H])Oc1ccc(B2OC(C)(C)C(C)(C)O2)nc1. The van der Waals surface area contributed by atoms with Crippen LogP contribution in [-0.2, 0) is 14.0 Å². The standard InChI is InChI=1S/C14H22BNO4/c1-13(2)14(3,4)20-15(19-13)12-7-6-11(10-16-12)18-9-8-17-5/h6-7,10H,8-9H2,1-5H3/i5D3,8D2,9D2. The molecule has 0 amide bonds. The zero-order valence-electron chi connectivity index (χ0n) is 18.9. The number of aromatic nitrogens is 1. The average molecular weight is 286 g/mol. The monoisotopic (exact) mass is 286 g/mol. The summed E-state index contributed by atoms with van der Waals surface area (Å²) in [5, 5.41) is 0. The molecule has 20 heavy (non-hydrogen) atoms. The van der Waals surface area contributed by atoms with Crippen LogP contribution in [0.15, 0.2) is 18.3 Å². The van der Waals surface area contributed by atoms with Gasteiger partial charge in [-0.1, -0.05) is 0 Å². The van der Waals surface area contributed by atoms with Gasteiger partial charge in [0.15, 0.2) is 0 Å². The van der Waals surface area contributed by atoms with Crippen LogP contribution >= 0.6 is 0 Å². The number of hydrogen-bond acceptors (Lipinski definition) is 5. The summed E-state index contributed by atoms with van der Waals surface area (Å²) in [6.45, 7) is 1.29. The molecular formula is C14H22BNO4. The molecule has 110 valence electrons. The van der Waals surface area contributed by atoms with E-state index in [9.17, 15) is 0 Å². The Bertz CT molecular complexity index is 663. The van der Waals surface area contributed by atoms with Crippen molar-refractivity contribution in [1.82, 2.24) is 4.98 Å². The van der Waals surface area contributed by atoms with Crippen molar-refractivity contribution in [2.45, 2.75) is 38.9 Å². The van der Waals surface area contributed by atoms with Crippen molar-refractivity contribution in [2.75, 3.05) is 20.2 Å². The van der Waals surface area contributed by atoms with Crippen molar-refractivity contribution in [3.63, 3.8) is 0 Å². The second-order valence-electron chi connectivity index (χ2n) is 5.42. The van der Waals surface area contributed by atoms with Crippen LogP contribution in [0.5, 0.6) is 5.75 Å². The van der Waals surface area contributed by atoms with Crippen LogP contribution in [0.25, 0.3) is 0 Å². The summed E-state index contributed by atoms with van der Waals surface area (Å²) in [6, 6.07) is 2.85. The van der Waals surface area contributed by atoms with E-state index in [0.717, 1.165) is 0 Å². The largest absolute Gasteiger partial charge is 0.514 e. The van der Waals surface area contributed by atoms with Gasteiger partial charge in [-0.25, -0.2) is 0 Å². The van der Waals surface area contributed by atoms with E-state index in [1.165, 1.54) is 18.3 Å². The fourth-order valence-corrected chi connectivity index (χ4v) is 1.66. The first-order valence-electron chi connectivity index (χ1n) is 9.67. The molecule has 0 N–H and O–H groups in total. The summed E-state index contributed by atoms with van der Waals surface area (Å²) < 4.78 is 72.1. The van der Waals surface area contributed by atoms with Gasteiger partial charge in [0.1, 0.15) is 12.3 Å². The molecule has 0 saturated carbocycles. The van der Waals surface area contributed by atoms with Crippen molar-refractivity contribution in [3.8, 4) is 5.75 Å². The third-order valence-corrected chi connectivity index (χ3v) is 3.52. The highest BCUT2D eigenvalue weighted by atomic mass is 16.7. The van der Waals surface area contributed by atoms with Crippen LogP contribution in [0, 0.1) is 0 Å². The van der Waals surface area contributed by atoms with Crippen LogP contribution in [0.4, 0.5) is 0 Å². The molecule has 0 unspecified atom stereocenters. The maximum atomic E-state index is 7.69. The van der Waals surface area contributed by atoms with E-state index in [4.69, 9.17) is 23.6 Å². The van der Waals surface area contributed by atoms with Crippen LogP contribution in [0.1, 0.15) is 37.3 Å². The zero-order chi connectivity index (χ0) is 20.9. The van der Waals surface area contributed by atoms with Gasteiger partial charge in [-0.2, -0.15) is 0 Å². The van der Waals surface area contributed by atoms with Crippen LogP contribution in [0.3, 0.4) is 0 Å². The molecule has 0 radical (unpaired) electrons. The Hall–Kier alpha value is -1.11. The molecular weight excluding hydrogens is 257 g/mol. The number of hydrogen-bond donors (Lipinski definition) is 0. The highest BCUT2D eigenvalue weighted by Gasteiger charge is 2.52. The Kier molecular flexibility index (Phi) is 2.39. The van der Waals surface area contributed by atoms with E-state index in [0.29, 0.717) is 5.59 Å². The summed E-state index contributed by atoms with van der Waals surface area (Å²) >= 11 is 0. The van der Waals surface area contributed by atoms with Crippen molar-refractivity contribution in [3.05, 3.63) is 18.3 Å². The number of pyridine rings is 1. The van der Waals surface area contributed by atoms with Crippen LogP contribution in [-0.4, -0.2) is 43.5 Å². The lowest BCUT2D eigenvalue weighted by Crippen LogP contribution is -2.41. The molecule has 0 aromatic carbocycles. The number of nitrogens with zero attached hydrogens (tertiary/aromatic N) is 1. The molecule has 0 bridgehead atoms. The van der Waals surface area contributed by atoms with E-state index in [-0.39, 0.29) is 5.75 Å². The second kappa shape index (κ2) is 5.72. The summed E-state index contributed by atoms with van der Waals surface area (Å²) in [7, 11) is -3.84. The second-order valence-corrected chi connectivity index (χ2v) is 5.42. The predicted molar refractivity (Wildman–Crippen MR) is 77.3 cm³/mol. The molecule has 1 saturated heterocycles. The lowest BCUT2D eigenvalue weighted by molar-refractivity contribution is 0.00578. The summed E-state index contributed by atoms with van der Waals surface area (Å²) in [5.41, 5.74) is -0.660. The molecule has 2 heterocycles. The lowest BCUT2D eigenvalue weighted by Gasteiger charge is -2.32. The minimum atomic E-state index is -3.22. The molecule has 1 fully saturated rings. The van der Waals surface area contributed by atoms with Gasteiger partial charge >= 0.3 is 7.12 Å². The smallest absolute Gasteiger partial charge is 0.490 e. The Balaban J connectivity index is 2.12. The van der Waals surface area contributed by atoms with Gasteiger partial charge in [-0.05, 0) is 39.8 Å². The van der Waals surface area contributed by atoms with E-state index in [1.807, 2.05) is 27.7 Å². The fourth-order valence-electron chi connectivity index (χ4n) is 1.66. The zero-order valence-corrected chi connectivity index (χ0v) is 11.9. The molecule has 1 aromatic rings. The van der Waals surface area contributed by atoms with Crippen molar-refractivity contribution in [2.24, 2.45) is 0 Å². The highest BCUT2D eigenvalue weighted by molar-refractivity contribution is 6.61. The molecule has 6 heteroatoms. The number of ether oxygens (including phenoxy) is 2. The molecule has 1 aliphatic rings. The van der Waals surface area contributed by atoms with E-state index >= 15 is 0 Å². The molecule has 0 aliphatic carbocycles. The average Bonchev–Trinajstić information content (AvgIpc) is 2.65. The maximum absolute atomic E-state index is 7.69. The number of methoxy groups -OCH3 is 1. The van der Waals surface area contributed by atoms with Gasteiger partial charge < -0.3 is 18.8 Å². The van der Waals surface area contributed by atoms with Gasteiger partial charge in [-0.15, -0.1) is 0 Å². The summed E-state index contributed by atoms with van der Waals surface area (Å²) in [5.74, 6) is -0.113. The van der Waals surface area contributed by atoms with E-state index in [1.54, 1.807) is 0 Å². The van der Waals surface area contributed by atoms with E-state index < -0.39 is 38.5 Å². The Morgan fingerprint density at radius 2 is 1.95 bits per heavy atom. The molecule has 1 aromatic heterocycles. The van der Waals surface area contributed by atoms with Gasteiger partial charge in [0, 0.05) is 7.04 Å². The molecule has 5 nitrogen and oxygen atoms in total. The van der Waals surface area contributed by atoms with Crippen molar-refractivity contribution in [1.29, 1.82) is 0 Å². The first-order chi connectivity index (χ1) is 12.0. The van der Waals surface area contributed by atoms with Crippen molar-refractivity contribution < 1.29 is 28.4 Å². The van der Waals surface area contributed by atoms with Gasteiger partial charge in [0.2, 0.25) is 0 Å². The van der Waals surface area contributed by atoms with Crippen molar-refractivity contribution >= 4 is 12.7 Å². The Morgan fingerprint density at radius 1 is 1.25 bits per heavy atom. The molecule has 0 spiro atoms. The fraction of sp³-hybridized carbons (Fsp3) is 0.643. The predicted octanol–water partition coefficient (Wildman–Crippen LogP) is 1.41. The van der Waals surface area contributed by atoms with Gasteiger partial charge in [0.25, 0.3) is 0 Å². The topological polar surface area (TPSA) is 49.8 Å². The summed E-state index contributed by atoms with van der Waals surface area (Å²) in [6.07, 6.45) is 1.17. The third-order valence-electron chi connectivity index (χ3n) is 3.52. The van der Waals surface area contributed by atoms with Gasteiger partial charge in [0.05, 0.1) is 39.1 Å². The normalized spacial score (nSPS) is 27.4. The Labute approximate surface area is 130 Å². The quantitative estimate of drug-likeness (QED) is 0.766. The summed E-state index contributed by atoms with van der Waals surface area (Å²) in [4.78, 5) is 4.12. The molecule has 1 aliphatic heterocycles. The highest BCUT2D eigenvalue weighted by Crippen LogP contribution is 2.36.